The van der Waals surface area contributed by atoms with Gasteiger partial charge in [-0.05, 0) is 35.9 Å². The molecular formula is C16H15F2NO3. The summed E-state index contributed by atoms with van der Waals surface area (Å²) >= 11 is 0. The highest BCUT2D eigenvalue weighted by atomic mass is 19.2. The van der Waals surface area contributed by atoms with Crippen LogP contribution in [0.1, 0.15) is 22.0 Å². The fourth-order valence-corrected chi connectivity index (χ4v) is 1.90. The summed E-state index contributed by atoms with van der Waals surface area (Å²) in [6, 6.07) is 9.65. The minimum Gasteiger partial charge on any atom is -0.497 e. The second kappa shape index (κ2) is 7.00. The number of benzene rings is 2. The SMILES string of the molecule is COc1cccc(C(O)CNC(=O)c2ccc(F)c(F)c2)c1. The second-order valence-electron chi connectivity index (χ2n) is 4.63. The van der Waals surface area contributed by atoms with Crippen LogP contribution in [0.3, 0.4) is 0 Å². The van der Waals surface area contributed by atoms with Gasteiger partial charge in [0.15, 0.2) is 11.6 Å². The molecule has 0 aliphatic rings. The Morgan fingerprint density at radius 1 is 1.23 bits per heavy atom. The molecule has 116 valence electrons. The number of aliphatic hydroxyl groups is 1. The van der Waals surface area contributed by atoms with Gasteiger partial charge in [-0.25, -0.2) is 8.78 Å². The first-order chi connectivity index (χ1) is 10.5. The summed E-state index contributed by atoms with van der Waals surface area (Å²) in [6.45, 7) is -0.0645. The van der Waals surface area contributed by atoms with Gasteiger partial charge in [-0.1, -0.05) is 12.1 Å². The Hall–Kier alpha value is -2.47. The number of halogens is 2. The molecule has 22 heavy (non-hydrogen) atoms. The second-order valence-corrected chi connectivity index (χ2v) is 4.63. The molecule has 0 radical (unpaired) electrons. The molecule has 0 aromatic heterocycles. The van der Waals surface area contributed by atoms with Crippen LogP contribution < -0.4 is 10.1 Å². The van der Waals surface area contributed by atoms with E-state index in [1.165, 1.54) is 13.2 Å². The molecule has 2 aromatic carbocycles. The van der Waals surface area contributed by atoms with E-state index < -0.39 is 23.6 Å². The summed E-state index contributed by atoms with van der Waals surface area (Å²) in [7, 11) is 1.51. The zero-order valence-electron chi connectivity index (χ0n) is 11.8. The van der Waals surface area contributed by atoms with Gasteiger partial charge in [-0.15, -0.1) is 0 Å². The van der Waals surface area contributed by atoms with Crippen LogP contribution in [0.4, 0.5) is 8.78 Å². The first-order valence-corrected chi connectivity index (χ1v) is 6.56. The van der Waals surface area contributed by atoms with Gasteiger partial charge in [0.05, 0.1) is 13.2 Å². The maximum Gasteiger partial charge on any atom is 0.251 e. The predicted octanol–water partition coefficient (Wildman–Crippen LogP) is 2.44. The highest BCUT2D eigenvalue weighted by Crippen LogP contribution is 2.18. The van der Waals surface area contributed by atoms with Crippen molar-refractivity contribution in [1.82, 2.24) is 5.32 Å². The normalized spacial score (nSPS) is 11.8. The average Bonchev–Trinajstić information content (AvgIpc) is 2.54. The van der Waals surface area contributed by atoms with Crippen LogP contribution in [-0.4, -0.2) is 24.7 Å². The zero-order chi connectivity index (χ0) is 16.1. The van der Waals surface area contributed by atoms with Crippen molar-refractivity contribution in [2.24, 2.45) is 0 Å². The van der Waals surface area contributed by atoms with Crippen molar-refractivity contribution >= 4 is 5.91 Å². The average molecular weight is 307 g/mol. The number of ether oxygens (including phenoxy) is 1. The molecule has 1 unspecified atom stereocenters. The fourth-order valence-electron chi connectivity index (χ4n) is 1.90. The van der Waals surface area contributed by atoms with Gasteiger partial charge in [0, 0.05) is 12.1 Å². The number of carbonyl (C=O) groups is 1. The molecule has 4 nitrogen and oxygen atoms in total. The molecule has 1 amide bonds. The summed E-state index contributed by atoms with van der Waals surface area (Å²) < 4.78 is 30.9. The third-order valence-corrected chi connectivity index (χ3v) is 3.12. The standard InChI is InChI=1S/C16H15F2NO3/c1-22-12-4-2-3-10(7-12)15(20)9-19-16(21)11-5-6-13(17)14(18)8-11/h2-8,15,20H,9H2,1H3,(H,19,21). The van der Waals surface area contributed by atoms with E-state index in [1.54, 1.807) is 24.3 Å². The molecule has 0 bridgehead atoms. The largest absolute Gasteiger partial charge is 0.497 e. The lowest BCUT2D eigenvalue weighted by Gasteiger charge is -2.13. The number of amides is 1. The molecule has 1 atom stereocenters. The molecule has 2 N–H and O–H groups in total. The maximum absolute atomic E-state index is 13.1. The Kier molecular flexibility index (Phi) is 5.06. The van der Waals surface area contributed by atoms with Gasteiger partial charge in [-0.3, -0.25) is 4.79 Å². The van der Waals surface area contributed by atoms with Crippen LogP contribution in [0.25, 0.3) is 0 Å². The number of hydrogen-bond donors (Lipinski definition) is 2. The molecule has 0 saturated heterocycles. The number of carbonyl (C=O) groups excluding carboxylic acids is 1. The summed E-state index contributed by atoms with van der Waals surface area (Å²) in [5.41, 5.74) is 0.557. The fraction of sp³-hybridized carbons (Fsp3) is 0.188. The summed E-state index contributed by atoms with van der Waals surface area (Å²) in [6.07, 6.45) is -0.940. The van der Waals surface area contributed by atoms with Gasteiger partial charge in [-0.2, -0.15) is 0 Å². The van der Waals surface area contributed by atoms with Crippen molar-refractivity contribution in [3.63, 3.8) is 0 Å². The maximum atomic E-state index is 13.1. The van der Waals surface area contributed by atoms with Gasteiger partial charge in [0.1, 0.15) is 5.75 Å². The molecule has 0 fully saturated rings. The smallest absolute Gasteiger partial charge is 0.251 e. The highest BCUT2D eigenvalue weighted by molar-refractivity contribution is 5.94. The molecule has 0 spiro atoms. The molecule has 0 heterocycles. The number of nitrogens with one attached hydrogen (secondary N) is 1. The van der Waals surface area contributed by atoms with E-state index in [4.69, 9.17) is 4.74 Å². The third kappa shape index (κ3) is 3.79. The van der Waals surface area contributed by atoms with Crippen molar-refractivity contribution in [1.29, 1.82) is 0 Å². The monoisotopic (exact) mass is 307 g/mol. The molecule has 2 rings (SSSR count). The van der Waals surface area contributed by atoms with Gasteiger partial charge in [0.25, 0.3) is 5.91 Å². The van der Waals surface area contributed by atoms with Crippen LogP contribution in [0, 0.1) is 11.6 Å². The van der Waals surface area contributed by atoms with Gasteiger partial charge in [0.2, 0.25) is 0 Å². The van der Waals surface area contributed by atoms with E-state index in [2.05, 4.69) is 5.32 Å². The molecule has 2 aromatic rings. The molecule has 6 heteroatoms. The lowest BCUT2D eigenvalue weighted by atomic mass is 10.1. The lowest BCUT2D eigenvalue weighted by molar-refractivity contribution is 0.0915. The minimum atomic E-state index is -1.10. The van der Waals surface area contributed by atoms with Crippen LogP contribution in [-0.2, 0) is 0 Å². The zero-order valence-corrected chi connectivity index (χ0v) is 11.8. The van der Waals surface area contributed by atoms with E-state index in [-0.39, 0.29) is 12.1 Å². The van der Waals surface area contributed by atoms with E-state index in [0.717, 1.165) is 12.1 Å². The molecule has 0 saturated carbocycles. The van der Waals surface area contributed by atoms with Crippen LogP contribution in [0.2, 0.25) is 0 Å². The third-order valence-electron chi connectivity index (χ3n) is 3.12. The Balaban J connectivity index is 1.99. The highest BCUT2D eigenvalue weighted by Gasteiger charge is 2.13. The summed E-state index contributed by atoms with van der Waals surface area (Å²) in [5.74, 6) is -2.13. The Morgan fingerprint density at radius 3 is 2.68 bits per heavy atom. The van der Waals surface area contributed by atoms with Crippen molar-refractivity contribution in [3.05, 3.63) is 65.2 Å². The van der Waals surface area contributed by atoms with Crippen molar-refractivity contribution in [2.45, 2.75) is 6.10 Å². The van der Waals surface area contributed by atoms with Crippen LogP contribution >= 0.6 is 0 Å². The lowest BCUT2D eigenvalue weighted by Crippen LogP contribution is -2.28. The Morgan fingerprint density at radius 2 is 2.00 bits per heavy atom. The Labute approximate surface area is 126 Å². The number of aliphatic hydroxyl groups excluding tert-OH is 1. The van der Waals surface area contributed by atoms with E-state index in [9.17, 15) is 18.7 Å². The number of hydrogen-bond acceptors (Lipinski definition) is 3. The van der Waals surface area contributed by atoms with Crippen molar-refractivity contribution in [2.75, 3.05) is 13.7 Å². The summed E-state index contributed by atoms with van der Waals surface area (Å²) in [5, 5.41) is 12.5. The van der Waals surface area contributed by atoms with Gasteiger partial charge >= 0.3 is 0 Å². The molecule has 0 aliphatic carbocycles. The predicted molar refractivity (Wildman–Crippen MR) is 76.6 cm³/mol. The quantitative estimate of drug-likeness (QED) is 0.892. The first kappa shape index (κ1) is 15.9. The van der Waals surface area contributed by atoms with E-state index in [0.29, 0.717) is 11.3 Å². The Bertz CT molecular complexity index is 676. The number of methoxy groups -OCH3 is 1. The van der Waals surface area contributed by atoms with Gasteiger partial charge < -0.3 is 15.2 Å². The van der Waals surface area contributed by atoms with Crippen LogP contribution in [0.15, 0.2) is 42.5 Å². The van der Waals surface area contributed by atoms with Crippen LogP contribution in [0.5, 0.6) is 5.75 Å². The van der Waals surface area contributed by atoms with Crippen molar-refractivity contribution < 1.29 is 23.4 Å². The van der Waals surface area contributed by atoms with E-state index >= 15 is 0 Å². The summed E-state index contributed by atoms with van der Waals surface area (Å²) in [4.78, 5) is 11.8. The number of rotatable bonds is 5. The molecule has 0 aliphatic heterocycles. The topological polar surface area (TPSA) is 58.6 Å². The van der Waals surface area contributed by atoms with Crippen molar-refractivity contribution in [3.8, 4) is 5.75 Å². The van der Waals surface area contributed by atoms with E-state index in [1.807, 2.05) is 0 Å². The first-order valence-electron chi connectivity index (χ1n) is 6.56. The molecular weight excluding hydrogens is 292 g/mol. The minimum absolute atomic E-state index is 0.0169.